The molecule has 0 radical (unpaired) electrons. The van der Waals surface area contributed by atoms with Crippen LogP contribution < -0.4 is 29.4 Å². The Labute approximate surface area is 201 Å². The van der Waals surface area contributed by atoms with E-state index >= 15 is 0 Å². The van der Waals surface area contributed by atoms with Crippen molar-refractivity contribution in [1.29, 1.82) is 0 Å². The number of benzene rings is 2. The predicted molar refractivity (Wildman–Crippen MR) is 129 cm³/mol. The van der Waals surface area contributed by atoms with Crippen LogP contribution in [0, 0.1) is 0 Å². The molecule has 0 saturated carbocycles. The number of hydrogen-bond donors (Lipinski definition) is 1. The fourth-order valence-corrected chi connectivity index (χ4v) is 4.71. The number of carbonyl (C=O) groups excluding carboxylic acids is 1. The number of nitrogens with zero attached hydrogens (tertiary/aromatic N) is 3. The molecule has 3 aromatic rings. The highest BCUT2D eigenvalue weighted by Crippen LogP contribution is 2.45. The molecular formula is C24H25N4O5S+. The first-order chi connectivity index (χ1) is 16.5. The van der Waals surface area contributed by atoms with Gasteiger partial charge in [0.05, 0.1) is 38.1 Å². The number of hydrogen-bond acceptors (Lipinski definition) is 7. The number of rotatable bonds is 7. The van der Waals surface area contributed by atoms with Crippen LogP contribution >= 0.6 is 11.8 Å². The van der Waals surface area contributed by atoms with Crippen LogP contribution in [0.3, 0.4) is 0 Å². The maximum Gasteiger partial charge on any atom is 0.325 e. The summed E-state index contributed by atoms with van der Waals surface area (Å²) in [6.45, 7) is 5.20. The summed E-state index contributed by atoms with van der Waals surface area (Å²) in [7, 11) is 4.55. The van der Waals surface area contributed by atoms with E-state index in [1.807, 2.05) is 12.1 Å². The molecule has 4 rings (SSSR count). The van der Waals surface area contributed by atoms with Crippen LogP contribution in [0.2, 0.25) is 0 Å². The third kappa shape index (κ3) is 3.79. The fraction of sp³-hybridized carbons (Fsp3) is 0.250. The molecule has 2 heterocycles. The number of aromatic nitrogens is 3. The second-order valence-electron chi connectivity index (χ2n) is 7.36. The molecule has 1 atom stereocenters. The Hall–Kier alpha value is -3.79. The molecule has 34 heavy (non-hydrogen) atoms. The number of thioether (sulfide) groups is 1. The van der Waals surface area contributed by atoms with Crippen molar-refractivity contribution in [1.82, 2.24) is 10.1 Å². The van der Waals surface area contributed by atoms with Crippen molar-refractivity contribution in [2.75, 3.05) is 32.0 Å². The summed E-state index contributed by atoms with van der Waals surface area (Å²) >= 11 is 1.33. The minimum atomic E-state index is -0.817. The predicted octanol–water partition coefficient (Wildman–Crippen LogP) is 2.94. The number of H-pyrrole nitrogens is 1. The van der Waals surface area contributed by atoms with Gasteiger partial charge in [-0.2, -0.15) is 0 Å². The standard InChI is InChI=1S/C24H24N4O5S/c1-6-13-34-24-25-22(30)19-15-9-7-8-10-17(15)27(14(2)29)23(28(19)26-24)16-11-12-18(31-3)21(33-5)20(16)32-4/h6-12,23H,1,13H2,2-5H3/p+1/t23-/m0/s1. The van der Waals surface area contributed by atoms with Crippen LogP contribution in [0.15, 0.2) is 59.0 Å². The minimum absolute atomic E-state index is 0.227. The summed E-state index contributed by atoms with van der Waals surface area (Å²) in [5.74, 6) is 1.55. The molecule has 1 aliphatic heterocycles. The van der Waals surface area contributed by atoms with Crippen LogP contribution in [0.4, 0.5) is 5.69 Å². The Morgan fingerprint density at radius 3 is 2.56 bits per heavy atom. The molecule has 0 saturated heterocycles. The number of methoxy groups -OCH3 is 3. The lowest BCUT2D eigenvalue weighted by Crippen LogP contribution is -2.60. The van der Waals surface area contributed by atoms with Crippen molar-refractivity contribution in [2.24, 2.45) is 0 Å². The highest BCUT2D eigenvalue weighted by atomic mass is 32.2. The van der Waals surface area contributed by atoms with Crippen molar-refractivity contribution >= 4 is 23.4 Å². The molecule has 1 aromatic heterocycles. The van der Waals surface area contributed by atoms with Crippen LogP contribution in [0.25, 0.3) is 11.3 Å². The van der Waals surface area contributed by atoms with Gasteiger partial charge in [0.1, 0.15) is 0 Å². The monoisotopic (exact) mass is 481 g/mol. The largest absolute Gasteiger partial charge is 0.493 e. The molecule has 0 unspecified atom stereocenters. The van der Waals surface area contributed by atoms with Crippen LogP contribution in [-0.4, -0.2) is 43.1 Å². The molecule has 0 aliphatic carbocycles. The summed E-state index contributed by atoms with van der Waals surface area (Å²) in [5.41, 5.74) is 1.78. The quantitative estimate of drug-likeness (QED) is 0.315. The molecule has 1 N–H and O–H groups in total. The SMILES string of the molecule is C=CCSc1n[n+]2c(c(=O)[nH]1)-c1ccccc1N(C(C)=O)[C@@H]2c1ccc(OC)c(OC)c1OC. The summed E-state index contributed by atoms with van der Waals surface area (Å²) in [6, 6.07) is 10.8. The average Bonchev–Trinajstić information content (AvgIpc) is 2.85. The van der Waals surface area contributed by atoms with Crippen molar-refractivity contribution in [3.8, 4) is 28.5 Å². The van der Waals surface area contributed by atoms with Gasteiger partial charge in [-0.25, -0.2) is 4.90 Å². The van der Waals surface area contributed by atoms with Gasteiger partial charge >= 0.3 is 11.3 Å². The Kier molecular flexibility index (Phi) is 6.60. The number of para-hydroxylation sites is 1. The molecule has 1 aliphatic rings. The molecule has 10 heteroatoms. The van der Waals surface area contributed by atoms with Crippen molar-refractivity contribution in [3.05, 3.63) is 65.0 Å². The van der Waals surface area contributed by atoms with Crippen LogP contribution in [0.5, 0.6) is 17.2 Å². The van der Waals surface area contributed by atoms with Gasteiger partial charge in [-0.3, -0.25) is 14.6 Å². The van der Waals surface area contributed by atoms with Crippen molar-refractivity contribution in [3.63, 3.8) is 0 Å². The third-order valence-corrected chi connectivity index (χ3v) is 6.31. The number of anilines is 1. The van der Waals surface area contributed by atoms with E-state index in [1.165, 1.54) is 40.0 Å². The van der Waals surface area contributed by atoms with Gasteiger partial charge in [0, 0.05) is 17.8 Å². The van der Waals surface area contributed by atoms with Crippen molar-refractivity contribution < 1.29 is 23.7 Å². The lowest BCUT2D eigenvalue weighted by atomic mass is 10.0. The molecule has 0 spiro atoms. The highest BCUT2D eigenvalue weighted by molar-refractivity contribution is 7.99. The molecular weight excluding hydrogens is 456 g/mol. The van der Waals surface area contributed by atoms with E-state index in [0.717, 1.165) is 0 Å². The minimum Gasteiger partial charge on any atom is -0.493 e. The molecule has 0 bridgehead atoms. The maximum absolute atomic E-state index is 13.3. The van der Waals surface area contributed by atoms with E-state index in [-0.39, 0.29) is 11.5 Å². The van der Waals surface area contributed by atoms with Crippen LogP contribution in [0.1, 0.15) is 18.7 Å². The van der Waals surface area contributed by atoms with E-state index in [2.05, 4.69) is 11.6 Å². The van der Waals surface area contributed by atoms with Gasteiger partial charge in [0.15, 0.2) is 11.5 Å². The first-order valence-electron chi connectivity index (χ1n) is 10.4. The zero-order chi connectivity index (χ0) is 24.4. The Morgan fingerprint density at radius 2 is 1.91 bits per heavy atom. The van der Waals surface area contributed by atoms with Gasteiger partial charge in [0.25, 0.3) is 6.17 Å². The summed E-state index contributed by atoms with van der Waals surface area (Å²) < 4.78 is 18.3. The van der Waals surface area contributed by atoms with Gasteiger partial charge in [-0.05, 0) is 28.9 Å². The van der Waals surface area contributed by atoms with E-state index in [1.54, 1.807) is 39.9 Å². The zero-order valence-electron chi connectivity index (χ0n) is 19.3. The zero-order valence-corrected chi connectivity index (χ0v) is 20.1. The summed E-state index contributed by atoms with van der Waals surface area (Å²) in [6.07, 6.45) is 0.906. The number of aromatic amines is 1. The average molecular weight is 482 g/mol. The normalized spacial score (nSPS) is 14.1. The van der Waals surface area contributed by atoms with E-state index in [0.29, 0.717) is 50.7 Å². The molecule has 176 valence electrons. The number of nitrogens with one attached hydrogen (secondary N) is 1. The maximum atomic E-state index is 13.3. The van der Waals surface area contributed by atoms with Crippen LogP contribution in [-0.2, 0) is 4.79 Å². The smallest absolute Gasteiger partial charge is 0.325 e. The Bertz CT molecular complexity index is 1320. The topological polar surface area (TPSA) is 97.6 Å². The fourth-order valence-electron chi connectivity index (χ4n) is 4.12. The Balaban J connectivity index is 2.09. The second-order valence-corrected chi connectivity index (χ2v) is 8.36. The number of carbonyl (C=O) groups is 1. The van der Waals surface area contributed by atoms with E-state index in [9.17, 15) is 9.59 Å². The lowest BCUT2D eigenvalue weighted by molar-refractivity contribution is -0.763. The first kappa shape index (κ1) is 23.4. The van der Waals surface area contributed by atoms with Gasteiger partial charge in [-0.1, -0.05) is 30.0 Å². The van der Waals surface area contributed by atoms with E-state index < -0.39 is 6.17 Å². The number of ether oxygens (including phenoxy) is 3. The molecule has 9 nitrogen and oxygen atoms in total. The van der Waals surface area contributed by atoms with Gasteiger partial charge in [0.2, 0.25) is 16.8 Å². The molecule has 0 fully saturated rings. The van der Waals surface area contributed by atoms with Gasteiger partial charge < -0.3 is 14.2 Å². The number of fused-ring (bicyclic) bond motifs is 3. The Morgan fingerprint density at radius 1 is 1.18 bits per heavy atom. The summed E-state index contributed by atoms with van der Waals surface area (Å²) in [5, 5.41) is 5.13. The number of amides is 1. The third-order valence-electron chi connectivity index (χ3n) is 5.45. The molecule has 1 amide bonds. The highest BCUT2D eigenvalue weighted by Gasteiger charge is 2.46. The van der Waals surface area contributed by atoms with Gasteiger partial charge in [-0.15, -0.1) is 6.58 Å². The van der Waals surface area contributed by atoms with E-state index in [4.69, 9.17) is 19.3 Å². The lowest BCUT2D eigenvalue weighted by Gasteiger charge is -2.32. The summed E-state index contributed by atoms with van der Waals surface area (Å²) in [4.78, 5) is 30.8. The first-order valence-corrected chi connectivity index (χ1v) is 11.4. The molecule has 2 aromatic carbocycles. The second kappa shape index (κ2) is 9.60. The van der Waals surface area contributed by atoms with Crippen molar-refractivity contribution in [2.45, 2.75) is 18.2 Å².